The third-order valence-corrected chi connectivity index (χ3v) is 5.00. The highest BCUT2D eigenvalue weighted by molar-refractivity contribution is 6.71. The molecule has 0 bridgehead atoms. The summed E-state index contributed by atoms with van der Waals surface area (Å²) in [7, 11) is -1.44. The van der Waals surface area contributed by atoms with E-state index < -0.39 is 14.4 Å². The second-order valence-electron chi connectivity index (χ2n) is 4.56. The molecular formula is C11H26O4Si. The predicted molar refractivity (Wildman–Crippen MR) is 67.1 cm³/mol. The van der Waals surface area contributed by atoms with Gasteiger partial charge in [-0.15, -0.1) is 0 Å². The molecule has 0 heterocycles. The quantitative estimate of drug-likeness (QED) is 0.454. The normalized spacial score (nSPS) is 14.1. The highest BCUT2D eigenvalue weighted by Crippen LogP contribution is 2.14. The van der Waals surface area contributed by atoms with E-state index in [1.807, 2.05) is 6.92 Å². The standard InChI is InChI=1S/C11H26O4Si/c1-4-15-16(2,3)8-6-5-7-14-10-11(13)9-12/h11-13H,4-10H2,1-3H3. The minimum Gasteiger partial charge on any atom is -0.418 e. The Bertz CT molecular complexity index is 164. The fourth-order valence-electron chi connectivity index (χ4n) is 1.49. The van der Waals surface area contributed by atoms with Crippen molar-refractivity contribution in [3.05, 3.63) is 0 Å². The summed E-state index contributed by atoms with van der Waals surface area (Å²) >= 11 is 0. The summed E-state index contributed by atoms with van der Waals surface area (Å²) in [5.41, 5.74) is 0. The zero-order chi connectivity index (χ0) is 12.4. The van der Waals surface area contributed by atoms with E-state index in [4.69, 9.17) is 19.4 Å². The SMILES string of the molecule is CCO[Si](C)(C)CCCCOCC(O)CO. The van der Waals surface area contributed by atoms with Gasteiger partial charge in [-0.05, 0) is 32.5 Å². The Morgan fingerprint density at radius 1 is 1.25 bits per heavy atom. The van der Waals surface area contributed by atoms with Crippen molar-refractivity contribution < 1.29 is 19.4 Å². The van der Waals surface area contributed by atoms with Crippen LogP contribution in [-0.2, 0) is 9.16 Å². The van der Waals surface area contributed by atoms with Gasteiger partial charge < -0.3 is 19.4 Å². The molecule has 1 atom stereocenters. The molecule has 1 unspecified atom stereocenters. The van der Waals surface area contributed by atoms with Gasteiger partial charge >= 0.3 is 0 Å². The first kappa shape index (κ1) is 16.1. The number of rotatable bonds is 10. The summed E-state index contributed by atoms with van der Waals surface area (Å²) in [6.07, 6.45) is 1.35. The summed E-state index contributed by atoms with van der Waals surface area (Å²) in [5, 5.41) is 17.6. The van der Waals surface area contributed by atoms with Crippen LogP contribution in [0.3, 0.4) is 0 Å². The van der Waals surface area contributed by atoms with Crippen molar-refractivity contribution in [3.63, 3.8) is 0 Å². The Morgan fingerprint density at radius 3 is 2.50 bits per heavy atom. The van der Waals surface area contributed by atoms with Crippen molar-refractivity contribution in [1.29, 1.82) is 0 Å². The summed E-state index contributed by atoms with van der Waals surface area (Å²) < 4.78 is 10.9. The third-order valence-electron chi connectivity index (χ3n) is 2.37. The molecule has 2 N–H and O–H groups in total. The zero-order valence-electron chi connectivity index (χ0n) is 10.7. The molecule has 0 saturated heterocycles. The first-order chi connectivity index (χ1) is 7.52. The first-order valence-electron chi connectivity index (χ1n) is 6.02. The fourth-order valence-corrected chi connectivity index (χ4v) is 3.52. The molecule has 0 aliphatic rings. The van der Waals surface area contributed by atoms with Crippen LogP contribution < -0.4 is 0 Å². The number of aliphatic hydroxyl groups is 2. The molecule has 4 nitrogen and oxygen atoms in total. The van der Waals surface area contributed by atoms with Gasteiger partial charge in [-0.25, -0.2) is 0 Å². The largest absolute Gasteiger partial charge is 0.418 e. The Kier molecular flexibility index (Phi) is 9.16. The van der Waals surface area contributed by atoms with E-state index in [0.29, 0.717) is 6.61 Å². The van der Waals surface area contributed by atoms with Gasteiger partial charge in [0.2, 0.25) is 0 Å². The van der Waals surface area contributed by atoms with E-state index in [1.54, 1.807) is 0 Å². The number of aliphatic hydroxyl groups excluding tert-OH is 2. The van der Waals surface area contributed by atoms with Crippen LogP contribution >= 0.6 is 0 Å². The smallest absolute Gasteiger partial charge is 0.186 e. The molecule has 0 amide bonds. The van der Waals surface area contributed by atoms with E-state index in [0.717, 1.165) is 25.5 Å². The lowest BCUT2D eigenvalue weighted by atomic mass is 10.3. The number of ether oxygens (including phenoxy) is 1. The minimum atomic E-state index is -1.44. The molecule has 98 valence electrons. The molecule has 0 rings (SSSR count). The zero-order valence-corrected chi connectivity index (χ0v) is 11.7. The molecule has 0 aliphatic heterocycles. The molecule has 5 heteroatoms. The van der Waals surface area contributed by atoms with E-state index in [2.05, 4.69) is 13.1 Å². The minimum absolute atomic E-state index is 0.225. The van der Waals surface area contributed by atoms with Crippen molar-refractivity contribution in [2.45, 2.75) is 45.0 Å². The summed E-state index contributed by atoms with van der Waals surface area (Å²) in [4.78, 5) is 0. The van der Waals surface area contributed by atoms with Gasteiger partial charge in [-0.3, -0.25) is 0 Å². The van der Waals surface area contributed by atoms with Crippen LogP contribution in [0.2, 0.25) is 19.1 Å². The van der Waals surface area contributed by atoms with E-state index >= 15 is 0 Å². The average Bonchev–Trinajstić information content (AvgIpc) is 2.22. The molecule has 0 spiro atoms. The lowest BCUT2D eigenvalue weighted by Crippen LogP contribution is -2.30. The monoisotopic (exact) mass is 250 g/mol. The molecule has 0 radical (unpaired) electrons. The maximum Gasteiger partial charge on any atom is 0.186 e. The van der Waals surface area contributed by atoms with Gasteiger partial charge in [0.15, 0.2) is 8.32 Å². The van der Waals surface area contributed by atoms with E-state index in [-0.39, 0.29) is 13.2 Å². The Balaban J connectivity index is 3.33. The van der Waals surface area contributed by atoms with Crippen molar-refractivity contribution in [2.75, 3.05) is 26.4 Å². The van der Waals surface area contributed by atoms with Gasteiger partial charge in [0.1, 0.15) is 6.10 Å². The molecule has 0 aromatic heterocycles. The Hall–Kier alpha value is 0.0569. The van der Waals surface area contributed by atoms with Gasteiger partial charge in [0, 0.05) is 13.2 Å². The van der Waals surface area contributed by atoms with Crippen LogP contribution in [0.15, 0.2) is 0 Å². The van der Waals surface area contributed by atoms with Crippen LogP contribution in [0.5, 0.6) is 0 Å². The third kappa shape index (κ3) is 9.29. The van der Waals surface area contributed by atoms with Crippen LogP contribution in [0.4, 0.5) is 0 Å². The van der Waals surface area contributed by atoms with Crippen LogP contribution in [0, 0.1) is 0 Å². The summed E-state index contributed by atoms with van der Waals surface area (Å²) in [6.45, 7) is 7.94. The lowest BCUT2D eigenvalue weighted by molar-refractivity contribution is 0.00553. The van der Waals surface area contributed by atoms with Crippen LogP contribution in [-0.4, -0.2) is 51.1 Å². The Morgan fingerprint density at radius 2 is 1.94 bits per heavy atom. The van der Waals surface area contributed by atoms with Crippen LogP contribution in [0.1, 0.15) is 19.8 Å². The molecule has 0 aromatic rings. The first-order valence-corrected chi connectivity index (χ1v) is 9.14. The van der Waals surface area contributed by atoms with Crippen molar-refractivity contribution in [2.24, 2.45) is 0 Å². The van der Waals surface area contributed by atoms with E-state index in [1.165, 1.54) is 0 Å². The van der Waals surface area contributed by atoms with Crippen molar-refractivity contribution >= 4 is 8.32 Å². The topological polar surface area (TPSA) is 58.9 Å². The highest BCUT2D eigenvalue weighted by Gasteiger charge is 2.20. The number of unbranched alkanes of at least 4 members (excludes halogenated alkanes) is 1. The van der Waals surface area contributed by atoms with E-state index in [9.17, 15) is 0 Å². The number of hydrogen-bond donors (Lipinski definition) is 2. The van der Waals surface area contributed by atoms with Crippen LogP contribution in [0.25, 0.3) is 0 Å². The lowest BCUT2D eigenvalue weighted by Gasteiger charge is -2.21. The maximum atomic E-state index is 9.03. The molecule has 0 aliphatic carbocycles. The van der Waals surface area contributed by atoms with Gasteiger partial charge in [0.25, 0.3) is 0 Å². The Labute approximate surface area is 99.7 Å². The second kappa shape index (κ2) is 9.12. The van der Waals surface area contributed by atoms with Crippen molar-refractivity contribution in [3.8, 4) is 0 Å². The van der Waals surface area contributed by atoms with Gasteiger partial charge in [-0.1, -0.05) is 6.42 Å². The summed E-state index contributed by atoms with van der Waals surface area (Å²) in [6, 6.07) is 1.15. The molecule has 0 fully saturated rings. The molecule has 16 heavy (non-hydrogen) atoms. The highest BCUT2D eigenvalue weighted by atomic mass is 28.4. The van der Waals surface area contributed by atoms with Gasteiger partial charge in [-0.2, -0.15) is 0 Å². The maximum absolute atomic E-state index is 9.03. The molecule has 0 saturated carbocycles. The molecule has 0 aromatic carbocycles. The molecular weight excluding hydrogens is 224 g/mol. The van der Waals surface area contributed by atoms with Gasteiger partial charge in [0.05, 0.1) is 13.2 Å². The second-order valence-corrected chi connectivity index (χ2v) is 8.87. The average molecular weight is 250 g/mol. The summed E-state index contributed by atoms with van der Waals surface area (Å²) in [5.74, 6) is 0. The number of hydrogen-bond acceptors (Lipinski definition) is 4. The van der Waals surface area contributed by atoms with Crippen molar-refractivity contribution in [1.82, 2.24) is 0 Å². The predicted octanol–water partition coefficient (Wildman–Crippen LogP) is 1.38. The fraction of sp³-hybridized carbons (Fsp3) is 1.00.